The van der Waals surface area contributed by atoms with Crippen molar-refractivity contribution in [2.45, 2.75) is 38.2 Å². The van der Waals surface area contributed by atoms with Crippen molar-refractivity contribution in [1.82, 2.24) is 15.3 Å². The van der Waals surface area contributed by atoms with E-state index >= 15 is 0 Å². The molecule has 3 N–H and O–H groups in total. The van der Waals surface area contributed by atoms with E-state index in [1.54, 1.807) is 11.8 Å². The van der Waals surface area contributed by atoms with Crippen LogP contribution >= 0.6 is 0 Å². The van der Waals surface area contributed by atoms with Crippen molar-refractivity contribution in [2.75, 3.05) is 16.8 Å². The number of aromatic nitrogens is 2. The molecule has 3 heterocycles. The van der Waals surface area contributed by atoms with Gasteiger partial charge in [-0.3, -0.25) is 0 Å². The average Bonchev–Trinajstić information content (AvgIpc) is 3.05. The monoisotopic (exact) mass is 453 g/mol. The fourth-order valence-corrected chi connectivity index (χ4v) is 3.47. The first kappa shape index (κ1) is 21.8. The average molecular weight is 453 g/mol. The number of benzene rings is 1. The summed E-state index contributed by atoms with van der Waals surface area (Å²) in [4.78, 5) is 22.1. The molecule has 1 aromatic carbocycles. The van der Waals surface area contributed by atoms with Crippen LogP contribution < -0.4 is 15.5 Å². The van der Waals surface area contributed by atoms with Gasteiger partial charge in [0.05, 0.1) is 30.2 Å². The molecule has 0 aliphatic carbocycles. The second kappa shape index (κ2) is 7.93. The van der Waals surface area contributed by atoms with Crippen LogP contribution in [0.3, 0.4) is 0 Å². The summed E-state index contributed by atoms with van der Waals surface area (Å²) in [5.74, 6) is -0.829. The highest BCUT2D eigenvalue weighted by atomic mass is 19.4. The number of nitrogens with zero attached hydrogens (tertiary/aromatic N) is 3. The first-order chi connectivity index (χ1) is 15.0. The van der Waals surface area contributed by atoms with E-state index < -0.39 is 35.9 Å². The maximum atomic E-state index is 13.7. The molecule has 0 radical (unpaired) electrons. The van der Waals surface area contributed by atoms with E-state index in [4.69, 9.17) is 4.42 Å². The molecule has 1 fully saturated rings. The van der Waals surface area contributed by atoms with Crippen LogP contribution in [0.2, 0.25) is 0 Å². The molecule has 2 amide bonds. The number of amides is 2. The molecule has 1 aliphatic rings. The predicted octanol–water partition coefficient (Wildman–Crippen LogP) is 3.66. The standard InChI is InChI=1S/C20H19F4N5O3/c1-9-13-5-11(21)3-4-15(13)32-16(9)17(20(22,23)24)28-19(31)27-12-6-25-18(26-7-12)29-8-14(30)10(29)2/h3-7,10,14,17,30H,8H2,1-2H3,(H2,27,28,31)/t10-,14+,17+/m1/s1. The normalized spacial score (nSPS) is 19.5. The van der Waals surface area contributed by atoms with Crippen LogP contribution in [0.15, 0.2) is 35.0 Å². The summed E-state index contributed by atoms with van der Waals surface area (Å²) in [6.07, 6.45) is -2.86. The Morgan fingerprint density at radius 3 is 2.59 bits per heavy atom. The molecule has 0 unspecified atom stereocenters. The Kier molecular flexibility index (Phi) is 5.41. The van der Waals surface area contributed by atoms with E-state index in [2.05, 4.69) is 15.3 Å². The summed E-state index contributed by atoms with van der Waals surface area (Å²) in [6, 6.07) is -0.398. The molecule has 32 heavy (non-hydrogen) atoms. The molecule has 2 aromatic heterocycles. The fourth-order valence-electron chi connectivity index (χ4n) is 3.47. The number of furan rings is 1. The highest BCUT2D eigenvalue weighted by molar-refractivity contribution is 5.89. The number of carbonyl (C=O) groups is 1. The molecule has 3 atom stereocenters. The van der Waals surface area contributed by atoms with E-state index in [9.17, 15) is 27.5 Å². The lowest BCUT2D eigenvalue weighted by Crippen LogP contribution is -2.59. The van der Waals surface area contributed by atoms with Gasteiger partial charge in [-0.1, -0.05) is 0 Å². The maximum absolute atomic E-state index is 13.7. The Bertz CT molecular complexity index is 1150. The number of halogens is 4. The van der Waals surface area contributed by atoms with Crippen LogP contribution in [0.1, 0.15) is 24.3 Å². The number of hydrogen-bond acceptors (Lipinski definition) is 6. The zero-order valence-corrected chi connectivity index (χ0v) is 16.9. The third-order valence-electron chi connectivity index (χ3n) is 5.39. The second-order valence-corrected chi connectivity index (χ2v) is 7.54. The lowest BCUT2D eigenvalue weighted by atomic mass is 10.0. The summed E-state index contributed by atoms with van der Waals surface area (Å²) in [5.41, 5.74) is 0.217. The van der Waals surface area contributed by atoms with Crippen molar-refractivity contribution >= 4 is 28.6 Å². The Hall–Kier alpha value is -3.41. The summed E-state index contributed by atoms with van der Waals surface area (Å²) < 4.78 is 59.9. The number of rotatable bonds is 4. The zero-order chi connectivity index (χ0) is 23.2. The highest BCUT2D eigenvalue weighted by Crippen LogP contribution is 2.38. The van der Waals surface area contributed by atoms with Gasteiger partial charge in [0.2, 0.25) is 5.95 Å². The van der Waals surface area contributed by atoms with E-state index in [0.29, 0.717) is 12.5 Å². The molecule has 4 rings (SSSR count). The zero-order valence-electron chi connectivity index (χ0n) is 16.9. The van der Waals surface area contributed by atoms with Crippen LogP contribution in [0.4, 0.5) is 34.0 Å². The van der Waals surface area contributed by atoms with Gasteiger partial charge >= 0.3 is 12.2 Å². The predicted molar refractivity (Wildman–Crippen MR) is 107 cm³/mol. The first-order valence-corrected chi connectivity index (χ1v) is 9.64. The van der Waals surface area contributed by atoms with Crippen molar-refractivity contribution < 1.29 is 31.9 Å². The van der Waals surface area contributed by atoms with Gasteiger partial charge in [-0.05, 0) is 32.0 Å². The molecule has 0 bridgehead atoms. The lowest BCUT2D eigenvalue weighted by Gasteiger charge is -2.43. The van der Waals surface area contributed by atoms with Gasteiger partial charge in [-0.2, -0.15) is 13.2 Å². The Balaban J connectivity index is 1.50. The van der Waals surface area contributed by atoms with Gasteiger partial charge in [0.15, 0.2) is 6.04 Å². The van der Waals surface area contributed by atoms with Crippen LogP contribution in [-0.4, -0.2) is 46.0 Å². The molecule has 1 saturated heterocycles. The van der Waals surface area contributed by atoms with E-state index in [1.807, 2.05) is 5.32 Å². The second-order valence-electron chi connectivity index (χ2n) is 7.54. The van der Waals surface area contributed by atoms with Crippen molar-refractivity contribution in [3.63, 3.8) is 0 Å². The highest BCUT2D eigenvalue weighted by Gasteiger charge is 2.45. The smallest absolute Gasteiger partial charge is 0.416 e. The summed E-state index contributed by atoms with van der Waals surface area (Å²) in [5, 5.41) is 13.9. The number of aliphatic hydroxyl groups is 1. The number of aryl methyl sites for hydroxylation is 1. The number of anilines is 2. The Labute approximate surface area is 179 Å². The molecule has 1 aliphatic heterocycles. The van der Waals surface area contributed by atoms with Crippen LogP contribution in [0.5, 0.6) is 0 Å². The largest absolute Gasteiger partial charge is 0.458 e. The molecule has 8 nitrogen and oxygen atoms in total. The minimum Gasteiger partial charge on any atom is -0.458 e. The van der Waals surface area contributed by atoms with Gasteiger partial charge in [0.25, 0.3) is 0 Å². The van der Waals surface area contributed by atoms with Crippen LogP contribution in [0, 0.1) is 12.7 Å². The number of β-amino-alcohol motifs (C(OH)–C–C–N with tert-alkyl or cyclic N) is 1. The summed E-state index contributed by atoms with van der Waals surface area (Å²) in [6.45, 7) is 3.52. The molecule has 12 heteroatoms. The molecule has 170 valence electrons. The number of nitrogens with one attached hydrogen (secondary N) is 2. The van der Waals surface area contributed by atoms with Crippen molar-refractivity contribution in [2.24, 2.45) is 0 Å². The molecular weight excluding hydrogens is 434 g/mol. The minimum atomic E-state index is -4.87. The quantitative estimate of drug-likeness (QED) is 0.521. The molecule has 0 spiro atoms. The Morgan fingerprint density at radius 2 is 2.00 bits per heavy atom. The number of hydrogen-bond donors (Lipinski definition) is 3. The van der Waals surface area contributed by atoms with Gasteiger partial charge in [-0.25, -0.2) is 19.2 Å². The molecule has 0 saturated carbocycles. The SMILES string of the molecule is Cc1c([C@H](NC(=O)Nc2cnc(N3C[C@H](O)[C@H]3C)nc2)C(F)(F)F)oc2ccc(F)cc12. The van der Waals surface area contributed by atoms with Gasteiger partial charge in [0.1, 0.15) is 17.2 Å². The number of aliphatic hydroxyl groups excluding tert-OH is 1. The number of urea groups is 1. The van der Waals surface area contributed by atoms with Gasteiger partial charge in [0, 0.05) is 17.5 Å². The Morgan fingerprint density at radius 1 is 1.31 bits per heavy atom. The van der Waals surface area contributed by atoms with Crippen LogP contribution in [-0.2, 0) is 0 Å². The minimum absolute atomic E-state index is 0.0701. The van der Waals surface area contributed by atoms with E-state index in [-0.39, 0.29) is 28.3 Å². The summed E-state index contributed by atoms with van der Waals surface area (Å²) in [7, 11) is 0. The topological polar surface area (TPSA) is 104 Å². The first-order valence-electron chi connectivity index (χ1n) is 9.64. The fraction of sp³-hybridized carbons (Fsp3) is 0.350. The van der Waals surface area contributed by atoms with Gasteiger partial charge < -0.3 is 25.1 Å². The third kappa shape index (κ3) is 4.05. The van der Waals surface area contributed by atoms with Gasteiger partial charge in [-0.15, -0.1) is 0 Å². The molecule has 3 aromatic rings. The lowest BCUT2D eigenvalue weighted by molar-refractivity contribution is -0.158. The number of fused-ring (bicyclic) bond motifs is 1. The van der Waals surface area contributed by atoms with Crippen molar-refractivity contribution in [1.29, 1.82) is 0 Å². The molecular formula is C20H19F4N5O3. The van der Waals surface area contributed by atoms with Crippen LogP contribution in [0.25, 0.3) is 11.0 Å². The number of carbonyl (C=O) groups excluding carboxylic acids is 1. The van der Waals surface area contributed by atoms with Crippen molar-refractivity contribution in [3.05, 3.63) is 47.7 Å². The van der Waals surface area contributed by atoms with E-state index in [1.165, 1.54) is 25.4 Å². The summed E-state index contributed by atoms with van der Waals surface area (Å²) >= 11 is 0. The van der Waals surface area contributed by atoms with E-state index in [0.717, 1.165) is 12.1 Å². The maximum Gasteiger partial charge on any atom is 0.416 e. The number of alkyl halides is 3. The third-order valence-corrected chi connectivity index (χ3v) is 5.39. The van der Waals surface area contributed by atoms with Crippen molar-refractivity contribution in [3.8, 4) is 0 Å².